The molecule has 0 fully saturated rings. The lowest BCUT2D eigenvalue weighted by Gasteiger charge is -2.06. The van der Waals surface area contributed by atoms with Gasteiger partial charge in [-0.3, -0.25) is 9.00 Å². The number of carbonyl (C=O) groups excluding carboxylic acids is 1. The zero-order valence-corrected chi connectivity index (χ0v) is 15.4. The SMILES string of the molecule is CS(=O)Cc1cccc(C(=O)NCCc2cnn(-c3ccccc3)c2)c1. The zero-order chi connectivity index (χ0) is 18.4. The Morgan fingerprint density at radius 1 is 1.12 bits per heavy atom. The first-order valence-corrected chi connectivity index (χ1v) is 10.1. The number of nitrogens with zero attached hydrogens (tertiary/aromatic N) is 2. The Morgan fingerprint density at radius 2 is 1.92 bits per heavy atom. The van der Waals surface area contributed by atoms with Gasteiger partial charge in [-0.1, -0.05) is 30.3 Å². The van der Waals surface area contributed by atoms with Crippen LogP contribution in [-0.4, -0.2) is 32.7 Å². The van der Waals surface area contributed by atoms with Crippen LogP contribution in [0.3, 0.4) is 0 Å². The van der Waals surface area contributed by atoms with E-state index in [1.54, 1.807) is 18.4 Å². The van der Waals surface area contributed by atoms with E-state index >= 15 is 0 Å². The zero-order valence-electron chi connectivity index (χ0n) is 14.6. The van der Waals surface area contributed by atoms with E-state index in [0.717, 1.165) is 16.8 Å². The van der Waals surface area contributed by atoms with Gasteiger partial charge < -0.3 is 5.32 Å². The molecule has 1 atom stereocenters. The third-order valence-corrected chi connectivity index (χ3v) is 4.65. The van der Waals surface area contributed by atoms with E-state index in [0.29, 0.717) is 24.3 Å². The van der Waals surface area contributed by atoms with Crippen LogP contribution in [0.4, 0.5) is 0 Å². The van der Waals surface area contributed by atoms with Crippen molar-refractivity contribution < 1.29 is 9.00 Å². The van der Waals surface area contributed by atoms with Crippen LogP contribution in [0.5, 0.6) is 0 Å². The van der Waals surface area contributed by atoms with Crippen molar-refractivity contribution in [2.75, 3.05) is 12.8 Å². The van der Waals surface area contributed by atoms with Crippen LogP contribution < -0.4 is 5.32 Å². The summed E-state index contributed by atoms with van der Waals surface area (Å²) in [6.45, 7) is 0.531. The van der Waals surface area contributed by atoms with E-state index in [1.807, 2.05) is 59.5 Å². The van der Waals surface area contributed by atoms with Gasteiger partial charge in [0.15, 0.2) is 0 Å². The Balaban J connectivity index is 1.54. The second-order valence-corrected chi connectivity index (χ2v) is 7.49. The maximum atomic E-state index is 12.3. The van der Waals surface area contributed by atoms with Crippen molar-refractivity contribution in [3.05, 3.63) is 83.7 Å². The van der Waals surface area contributed by atoms with Gasteiger partial charge >= 0.3 is 0 Å². The Hall–Kier alpha value is -2.73. The molecule has 26 heavy (non-hydrogen) atoms. The Kier molecular flexibility index (Phi) is 5.96. The molecule has 134 valence electrons. The molecule has 1 amide bonds. The van der Waals surface area contributed by atoms with Gasteiger partial charge in [-0.25, -0.2) is 4.68 Å². The van der Waals surface area contributed by atoms with Crippen LogP contribution in [0.1, 0.15) is 21.5 Å². The van der Waals surface area contributed by atoms with Gasteiger partial charge in [0.2, 0.25) is 0 Å². The maximum absolute atomic E-state index is 12.3. The standard InChI is InChI=1S/C20H21N3O2S/c1-26(25)15-16-6-5-7-18(12-16)20(24)21-11-10-17-13-22-23(14-17)19-8-3-2-4-9-19/h2-9,12-14H,10-11,15H2,1H3,(H,21,24). The van der Waals surface area contributed by atoms with Crippen molar-refractivity contribution in [1.82, 2.24) is 15.1 Å². The van der Waals surface area contributed by atoms with E-state index in [4.69, 9.17) is 0 Å². The molecule has 3 rings (SSSR count). The molecule has 2 aromatic carbocycles. The van der Waals surface area contributed by atoms with Gasteiger partial charge in [0.1, 0.15) is 0 Å². The van der Waals surface area contributed by atoms with Crippen molar-refractivity contribution in [2.24, 2.45) is 0 Å². The van der Waals surface area contributed by atoms with Crippen molar-refractivity contribution in [2.45, 2.75) is 12.2 Å². The molecule has 3 aromatic rings. The van der Waals surface area contributed by atoms with Crippen LogP contribution in [0.25, 0.3) is 5.69 Å². The third kappa shape index (κ3) is 4.89. The number of carbonyl (C=O) groups is 1. The molecular formula is C20H21N3O2S. The number of nitrogens with one attached hydrogen (secondary N) is 1. The highest BCUT2D eigenvalue weighted by Gasteiger charge is 2.07. The first kappa shape index (κ1) is 18.1. The van der Waals surface area contributed by atoms with Crippen LogP contribution >= 0.6 is 0 Å². The van der Waals surface area contributed by atoms with E-state index < -0.39 is 10.8 Å². The molecule has 0 bridgehead atoms. The van der Waals surface area contributed by atoms with Gasteiger partial charge in [0.25, 0.3) is 5.91 Å². The van der Waals surface area contributed by atoms with E-state index in [2.05, 4.69) is 10.4 Å². The number of rotatable bonds is 7. The summed E-state index contributed by atoms with van der Waals surface area (Å²) in [4.78, 5) is 12.3. The normalized spacial score (nSPS) is 11.9. The molecule has 6 heteroatoms. The molecule has 1 heterocycles. The number of amides is 1. The smallest absolute Gasteiger partial charge is 0.251 e. The third-order valence-electron chi connectivity index (χ3n) is 3.92. The van der Waals surface area contributed by atoms with Gasteiger partial charge in [0.05, 0.1) is 11.9 Å². The molecule has 1 N–H and O–H groups in total. The average molecular weight is 367 g/mol. The minimum Gasteiger partial charge on any atom is -0.352 e. The number of hydrogen-bond acceptors (Lipinski definition) is 3. The Bertz CT molecular complexity index is 906. The van der Waals surface area contributed by atoms with Crippen LogP contribution in [0, 0.1) is 0 Å². The summed E-state index contributed by atoms with van der Waals surface area (Å²) in [5.74, 6) is 0.337. The minimum absolute atomic E-state index is 0.121. The Morgan fingerprint density at radius 3 is 2.69 bits per heavy atom. The van der Waals surface area contributed by atoms with Gasteiger partial charge in [-0.2, -0.15) is 5.10 Å². The topological polar surface area (TPSA) is 64.0 Å². The monoisotopic (exact) mass is 367 g/mol. The molecular weight excluding hydrogens is 346 g/mol. The summed E-state index contributed by atoms with van der Waals surface area (Å²) in [5.41, 5.74) is 3.56. The van der Waals surface area contributed by atoms with Gasteiger partial charge in [-0.15, -0.1) is 0 Å². The second kappa shape index (κ2) is 8.58. The molecule has 0 aliphatic carbocycles. The summed E-state index contributed by atoms with van der Waals surface area (Å²) in [7, 11) is -0.923. The fourth-order valence-electron chi connectivity index (χ4n) is 2.67. The summed E-state index contributed by atoms with van der Waals surface area (Å²) in [5, 5.41) is 7.28. The summed E-state index contributed by atoms with van der Waals surface area (Å²) in [6.07, 6.45) is 6.15. The predicted molar refractivity (Wildman–Crippen MR) is 104 cm³/mol. The van der Waals surface area contributed by atoms with Crippen molar-refractivity contribution in [3.63, 3.8) is 0 Å². The first-order valence-electron chi connectivity index (χ1n) is 8.38. The lowest BCUT2D eigenvalue weighted by molar-refractivity contribution is 0.0954. The highest BCUT2D eigenvalue weighted by atomic mass is 32.2. The van der Waals surface area contributed by atoms with Gasteiger partial charge in [0, 0.05) is 41.1 Å². The van der Waals surface area contributed by atoms with Gasteiger partial charge in [-0.05, 0) is 41.8 Å². The van der Waals surface area contributed by atoms with Crippen LogP contribution in [-0.2, 0) is 23.0 Å². The number of para-hydroxylation sites is 1. The van der Waals surface area contributed by atoms with Crippen molar-refractivity contribution >= 4 is 16.7 Å². The van der Waals surface area contributed by atoms with Crippen molar-refractivity contribution in [3.8, 4) is 5.69 Å². The lowest BCUT2D eigenvalue weighted by Crippen LogP contribution is -2.25. The quantitative estimate of drug-likeness (QED) is 0.698. The lowest BCUT2D eigenvalue weighted by atomic mass is 10.1. The fraction of sp³-hybridized carbons (Fsp3) is 0.200. The molecule has 0 spiro atoms. The molecule has 0 aliphatic heterocycles. The second-order valence-electron chi connectivity index (χ2n) is 6.05. The molecule has 0 radical (unpaired) electrons. The maximum Gasteiger partial charge on any atom is 0.251 e. The van der Waals surface area contributed by atoms with Crippen molar-refractivity contribution in [1.29, 1.82) is 0 Å². The molecule has 5 nitrogen and oxygen atoms in total. The van der Waals surface area contributed by atoms with E-state index in [9.17, 15) is 9.00 Å². The minimum atomic E-state index is -0.923. The molecule has 0 saturated carbocycles. The Labute approximate surface area is 155 Å². The summed E-state index contributed by atoms with van der Waals surface area (Å²) < 4.78 is 13.2. The highest BCUT2D eigenvalue weighted by Crippen LogP contribution is 2.09. The van der Waals surface area contributed by atoms with E-state index in [1.165, 1.54) is 0 Å². The number of hydrogen-bond donors (Lipinski definition) is 1. The molecule has 0 aliphatic rings. The largest absolute Gasteiger partial charge is 0.352 e. The summed E-state index contributed by atoms with van der Waals surface area (Å²) >= 11 is 0. The summed E-state index contributed by atoms with van der Waals surface area (Å²) in [6, 6.07) is 17.2. The first-order chi connectivity index (χ1) is 12.6. The highest BCUT2D eigenvalue weighted by molar-refractivity contribution is 7.83. The van der Waals surface area contributed by atoms with Crippen LogP contribution in [0.15, 0.2) is 67.0 Å². The fourth-order valence-corrected chi connectivity index (χ4v) is 3.32. The number of aromatic nitrogens is 2. The van der Waals surface area contributed by atoms with E-state index in [-0.39, 0.29) is 5.91 Å². The van der Waals surface area contributed by atoms with Crippen LogP contribution in [0.2, 0.25) is 0 Å². The molecule has 1 unspecified atom stereocenters. The molecule has 1 aromatic heterocycles. The number of benzene rings is 2. The predicted octanol–water partition coefficient (Wildman–Crippen LogP) is 2.72. The average Bonchev–Trinajstić information content (AvgIpc) is 3.11. The molecule has 0 saturated heterocycles.